The van der Waals surface area contributed by atoms with Crippen molar-refractivity contribution in [1.29, 1.82) is 0 Å². The molecule has 6 heteroatoms. The van der Waals surface area contributed by atoms with Crippen molar-refractivity contribution in [2.24, 2.45) is 11.1 Å². The molecule has 0 aliphatic carbocycles. The Balaban J connectivity index is 1.44. The zero-order valence-corrected chi connectivity index (χ0v) is 16.4. The lowest BCUT2D eigenvalue weighted by molar-refractivity contribution is -0.147. The average molecular weight is 373 g/mol. The smallest absolute Gasteiger partial charge is 0.248 e. The van der Waals surface area contributed by atoms with E-state index < -0.39 is 5.91 Å². The number of amides is 2. The molecule has 6 nitrogen and oxygen atoms in total. The third-order valence-electron chi connectivity index (χ3n) is 5.85. The van der Waals surface area contributed by atoms with Crippen LogP contribution in [0.25, 0.3) is 0 Å². The van der Waals surface area contributed by atoms with Crippen LogP contribution in [-0.4, -0.2) is 60.4 Å². The highest BCUT2D eigenvalue weighted by Gasteiger charge is 2.48. The first-order valence-corrected chi connectivity index (χ1v) is 9.97. The Morgan fingerprint density at radius 3 is 2.63 bits per heavy atom. The third kappa shape index (κ3) is 4.43. The van der Waals surface area contributed by atoms with E-state index in [2.05, 4.69) is 23.6 Å². The highest BCUT2D eigenvalue weighted by atomic mass is 16.5. The van der Waals surface area contributed by atoms with E-state index in [0.717, 1.165) is 57.6 Å². The molecule has 0 unspecified atom stereocenters. The van der Waals surface area contributed by atoms with Crippen LogP contribution in [-0.2, 0) is 4.79 Å². The van der Waals surface area contributed by atoms with Crippen molar-refractivity contribution in [3.63, 3.8) is 0 Å². The summed E-state index contributed by atoms with van der Waals surface area (Å²) in [5.41, 5.74) is 5.56. The maximum absolute atomic E-state index is 13.0. The van der Waals surface area contributed by atoms with Gasteiger partial charge in [0.05, 0.1) is 12.0 Å². The molecular formula is C21H31N3O3. The molecule has 2 fully saturated rings. The highest BCUT2D eigenvalue weighted by molar-refractivity contribution is 5.92. The first kappa shape index (κ1) is 19.7. The van der Waals surface area contributed by atoms with Gasteiger partial charge in [0, 0.05) is 31.2 Å². The fraction of sp³-hybridized carbons (Fsp3) is 0.619. The lowest BCUT2D eigenvalue weighted by Crippen LogP contribution is -2.52. The zero-order valence-electron chi connectivity index (χ0n) is 16.4. The summed E-state index contributed by atoms with van der Waals surface area (Å²) < 4.78 is 5.75. The van der Waals surface area contributed by atoms with E-state index >= 15 is 0 Å². The second kappa shape index (κ2) is 8.30. The minimum atomic E-state index is -0.433. The fourth-order valence-electron chi connectivity index (χ4n) is 4.31. The van der Waals surface area contributed by atoms with Gasteiger partial charge in [-0.2, -0.15) is 0 Å². The number of hydrogen-bond donors (Lipinski definition) is 1. The summed E-state index contributed by atoms with van der Waals surface area (Å²) >= 11 is 0. The zero-order chi connectivity index (χ0) is 19.4. The number of benzene rings is 1. The van der Waals surface area contributed by atoms with E-state index in [1.54, 1.807) is 24.3 Å². The van der Waals surface area contributed by atoms with Gasteiger partial charge in [0.1, 0.15) is 5.75 Å². The van der Waals surface area contributed by atoms with Crippen LogP contribution in [0.2, 0.25) is 0 Å². The van der Waals surface area contributed by atoms with Crippen LogP contribution in [0.5, 0.6) is 5.75 Å². The predicted octanol–water partition coefficient (Wildman–Crippen LogP) is 2.28. The van der Waals surface area contributed by atoms with Gasteiger partial charge in [-0.1, -0.05) is 0 Å². The van der Waals surface area contributed by atoms with Crippen LogP contribution in [0.3, 0.4) is 0 Å². The Bertz CT molecular complexity index is 674. The number of ether oxygens (including phenoxy) is 1. The quantitative estimate of drug-likeness (QED) is 0.744. The van der Waals surface area contributed by atoms with Crippen molar-refractivity contribution in [3.05, 3.63) is 29.8 Å². The van der Waals surface area contributed by atoms with Crippen molar-refractivity contribution in [2.45, 2.75) is 45.6 Å². The number of carbonyl (C=O) groups is 2. The molecule has 2 aliphatic heterocycles. The van der Waals surface area contributed by atoms with Gasteiger partial charge >= 0.3 is 0 Å². The molecule has 1 atom stereocenters. The summed E-state index contributed by atoms with van der Waals surface area (Å²) in [6.07, 6.45) is 4.02. The average Bonchev–Trinajstić information content (AvgIpc) is 3.05. The van der Waals surface area contributed by atoms with Gasteiger partial charge in [-0.05, 0) is 70.3 Å². The van der Waals surface area contributed by atoms with Gasteiger partial charge in [0.2, 0.25) is 11.8 Å². The molecule has 1 aromatic carbocycles. The van der Waals surface area contributed by atoms with E-state index in [9.17, 15) is 9.59 Å². The molecule has 1 spiro atoms. The molecular weight excluding hydrogens is 342 g/mol. The topological polar surface area (TPSA) is 75.9 Å². The van der Waals surface area contributed by atoms with E-state index in [0.29, 0.717) is 18.1 Å². The molecule has 3 rings (SSSR count). The summed E-state index contributed by atoms with van der Waals surface area (Å²) in [7, 11) is 0. The largest absolute Gasteiger partial charge is 0.494 e. The van der Waals surface area contributed by atoms with Gasteiger partial charge in [0.25, 0.3) is 0 Å². The highest BCUT2D eigenvalue weighted by Crippen LogP contribution is 2.40. The Hall–Kier alpha value is -2.08. The lowest BCUT2D eigenvalue weighted by atomic mass is 9.78. The summed E-state index contributed by atoms with van der Waals surface area (Å²) in [6.45, 7) is 8.55. The molecule has 2 aliphatic rings. The van der Waals surface area contributed by atoms with Crippen molar-refractivity contribution in [1.82, 2.24) is 9.80 Å². The van der Waals surface area contributed by atoms with Gasteiger partial charge in [-0.15, -0.1) is 0 Å². The number of piperidine rings is 1. The number of hydrogen-bond acceptors (Lipinski definition) is 4. The maximum atomic E-state index is 13.0. The molecule has 2 N–H and O–H groups in total. The van der Waals surface area contributed by atoms with Crippen LogP contribution < -0.4 is 10.5 Å². The molecule has 2 heterocycles. The number of rotatable bonds is 7. The fourth-order valence-corrected chi connectivity index (χ4v) is 4.31. The van der Waals surface area contributed by atoms with Gasteiger partial charge in [-0.25, -0.2) is 0 Å². The molecule has 0 saturated carbocycles. The number of nitrogens with zero attached hydrogens (tertiary/aromatic N) is 2. The summed E-state index contributed by atoms with van der Waals surface area (Å²) in [5.74, 6) is 0.669. The Morgan fingerprint density at radius 1 is 1.22 bits per heavy atom. The summed E-state index contributed by atoms with van der Waals surface area (Å²) in [5, 5.41) is 0. The Morgan fingerprint density at radius 2 is 1.96 bits per heavy atom. The van der Waals surface area contributed by atoms with Crippen molar-refractivity contribution < 1.29 is 14.3 Å². The van der Waals surface area contributed by atoms with Crippen molar-refractivity contribution in [2.75, 3.05) is 32.8 Å². The number of nitrogens with two attached hydrogens (primary N) is 1. The molecule has 1 aromatic rings. The first-order chi connectivity index (χ1) is 12.9. The molecule has 2 saturated heterocycles. The SMILES string of the molecule is CC(C)N1CCC[C@]2(CCN(CCCOc3ccc(C(N)=O)cc3)C2)C1=O. The van der Waals surface area contributed by atoms with Gasteiger partial charge < -0.3 is 20.3 Å². The number of likely N-dealkylation sites (tertiary alicyclic amines) is 2. The van der Waals surface area contributed by atoms with Crippen LogP contribution in [0.1, 0.15) is 49.9 Å². The molecule has 0 bridgehead atoms. The van der Waals surface area contributed by atoms with E-state index in [-0.39, 0.29) is 11.5 Å². The molecule has 0 radical (unpaired) electrons. The Labute approximate surface area is 161 Å². The van der Waals surface area contributed by atoms with Gasteiger partial charge in [-0.3, -0.25) is 9.59 Å². The van der Waals surface area contributed by atoms with Crippen LogP contribution in [0.15, 0.2) is 24.3 Å². The second-order valence-corrected chi connectivity index (χ2v) is 8.09. The number of carbonyl (C=O) groups excluding carboxylic acids is 2. The molecule has 27 heavy (non-hydrogen) atoms. The van der Waals surface area contributed by atoms with E-state index in [1.165, 1.54) is 0 Å². The number of primary amides is 1. The normalized spacial score (nSPS) is 23.4. The van der Waals surface area contributed by atoms with E-state index in [1.807, 2.05) is 0 Å². The van der Waals surface area contributed by atoms with Crippen LogP contribution in [0, 0.1) is 5.41 Å². The first-order valence-electron chi connectivity index (χ1n) is 9.97. The molecule has 2 amide bonds. The van der Waals surface area contributed by atoms with E-state index in [4.69, 9.17) is 10.5 Å². The van der Waals surface area contributed by atoms with Crippen molar-refractivity contribution in [3.8, 4) is 5.75 Å². The molecule has 148 valence electrons. The van der Waals surface area contributed by atoms with Crippen LogP contribution >= 0.6 is 0 Å². The second-order valence-electron chi connectivity index (χ2n) is 8.09. The minimum Gasteiger partial charge on any atom is -0.494 e. The standard InChI is InChI=1S/C21H31N3O3/c1-16(2)24-12-3-9-21(20(24)26)10-13-23(15-21)11-4-14-27-18-7-5-17(6-8-18)19(22)25/h5-8,16H,3-4,9-15H2,1-2H3,(H2,22,25)/t21-/m1/s1. The van der Waals surface area contributed by atoms with Crippen LogP contribution in [0.4, 0.5) is 0 Å². The van der Waals surface area contributed by atoms with Gasteiger partial charge in [0.15, 0.2) is 0 Å². The monoisotopic (exact) mass is 373 g/mol. The minimum absolute atomic E-state index is 0.159. The summed E-state index contributed by atoms with van der Waals surface area (Å²) in [6, 6.07) is 7.19. The van der Waals surface area contributed by atoms with Crippen molar-refractivity contribution >= 4 is 11.8 Å². The Kier molecular flexibility index (Phi) is 6.05. The summed E-state index contributed by atoms with van der Waals surface area (Å²) in [4.78, 5) is 28.5. The predicted molar refractivity (Wildman–Crippen MR) is 105 cm³/mol. The maximum Gasteiger partial charge on any atom is 0.248 e. The lowest BCUT2D eigenvalue weighted by Gasteiger charge is -2.41. The molecule has 0 aromatic heterocycles. The third-order valence-corrected chi connectivity index (χ3v) is 5.85.